The van der Waals surface area contributed by atoms with Gasteiger partial charge < -0.3 is 15.1 Å². The van der Waals surface area contributed by atoms with Gasteiger partial charge in [0, 0.05) is 31.9 Å². The maximum Gasteiger partial charge on any atom is 0.322 e. The minimum atomic E-state index is -0.0857. The van der Waals surface area contributed by atoms with Crippen LogP contribution in [-0.2, 0) is 0 Å². The van der Waals surface area contributed by atoms with Crippen molar-refractivity contribution in [2.75, 3.05) is 36.4 Å². The fourth-order valence-electron chi connectivity index (χ4n) is 3.18. The van der Waals surface area contributed by atoms with Crippen molar-refractivity contribution in [3.63, 3.8) is 0 Å². The summed E-state index contributed by atoms with van der Waals surface area (Å²) in [6.45, 7) is 9.10. The summed E-state index contributed by atoms with van der Waals surface area (Å²) in [7, 11) is 0. The van der Waals surface area contributed by atoms with Crippen molar-refractivity contribution in [3.05, 3.63) is 58.1 Å². The highest BCUT2D eigenvalue weighted by Crippen LogP contribution is 2.27. The Bertz CT molecular complexity index is 742. The molecule has 25 heavy (non-hydrogen) atoms. The van der Waals surface area contributed by atoms with Gasteiger partial charge in [0.25, 0.3) is 0 Å². The van der Waals surface area contributed by atoms with Gasteiger partial charge in [-0.2, -0.15) is 0 Å². The third-order valence-corrected chi connectivity index (χ3v) is 4.93. The van der Waals surface area contributed by atoms with Crippen LogP contribution in [0.4, 0.5) is 16.2 Å². The summed E-state index contributed by atoms with van der Waals surface area (Å²) in [5, 5.41) is 3.56. The first-order chi connectivity index (χ1) is 11.9. The van der Waals surface area contributed by atoms with Crippen molar-refractivity contribution in [2.45, 2.75) is 20.8 Å². The third kappa shape index (κ3) is 4.07. The Balaban J connectivity index is 1.61. The number of piperazine rings is 1. The van der Waals surface area contributed by atoms with E-state index >= 15 is 0 Å². The summed E-state index contributed by atoms with van der Waals surface area (Å²) in [6, 6.07) is 12.3. The second-order valence-electron chi connectivity index (χ2n) is 6.68. The maximum absolute atomic E-state index is 12.6. The van der Waals surface area contributed by atoms with Crippen LogP contribution in [0.15, 0.2) is 36.4 Å². The van der Waals surface area contributed by atoms with Crippen LogP contribution in [0.2, 0.25) is 5.02 Å². The first kappa shape index (κ1) is 17.6. The highest BCUT2D eigenvalue weighted by molar-refractivity contribution is 6.34. The summed E-state index contributed by atoms with van der Waals surface area (Å²) in [6.07, 6.45) is 0. The number of aryl methyl sites for hydroxylation is 3. The molecule has 0 spiro atoms. The number of nitrogens with zero attached hydrogens (tertiary/aromatic N) is 2. The van der Waals surface area contributed by atoms with Crippen molar-refractivity contribution in [1.82, 2.24) is 4.90 Å². The molecular formula is C20H24ClN3O. The smallest absolute Gasteiger partial charge is 0.322 e. The Morgan fingerprint density at radius 2 is 1.60 bits per heavy atom. The number of hydrogen-bond acceptors (Lipinski definition) is 2. The van der Waals surface area contributed by atoms with E-state index in [-0.39, 0.29) is 6.03 Å². The molecule has 5 heteroatoms. The van der Waals surface area contributed by atoms with Crippen LogP contribution in [0.3, 0.4) is 0 Å². The van der Waals surface area contributed by atoms with Gasteiger partial charge in [-0.3, -0.25) is 0 Å². The zero-order valence-electron chi connectivity index (χ0n) is 15.0. The number of hydrogen-bond donors (Lipinski definition) is 1. The number of carbonyl (C=O) groups excluding carboxylic acids is 1. The summed E-state index contributed by atoms with van der Waals surface area (Å²) in [5.41, 5.74) is 5.25. The molecule has 0 unspecified atom stereocenters. The topological polar surface area (TPSA) is 35.6 Å². The number of anilines is 2. The molecule has 0 saturated carbocycles. The fraction of sp³-hybridized carbons (Fsp3) is 0.350. The number of nitrogens with one attached hydrogen (secondary N) is 1. The van der Waals surface area contributed by atoms with E-state index in [1.165, 1.54) is 11.3 Å². The van der Waals surface area contributed by atoms with Crippen LogP contribution in [-0.4, -0.2) is 37.1 Å². The number of urea groups is 1. The van der Waals surface area contributed by atoms with E-state index in [2.05, 4.69) is 41.4 Å². The molecule has 0 radical (unpaired) electrons. The lowest BCUT2D eigenvalue weighted by atomic mass is 10.1. The molecule has 3 rings (SSSR count). The SMILES string of the molecule is Cc1ccc(N2CCN(C(=O)Nc3c(C)cc(C)cc3Cl)CC2)cc1. The lowest BCUT2D eigenvalue weighted by molar-refractivity contribution is 0.208. The van der Waals surface area contributed by atoms with E-state index in [1.807, 2.05) is 30.9 Å². The molecule has 132 valence electrons. The second kappa shape index (κ2) is 7.36. The molecule has 2 aromatic rings. The predicted molar refractivity (Wildman–Crippen MR) is 105 cm³/mol. The normalized spacial score (nSPS) is 14.6. The molecule has 0 atom stereocenters. The monoisotopic (exact) mass is 357 g/mol. The number of benzene rings is 2. The van der Waals surface area contributed by atoms with Crippen LogP contribution >= 0.6 is 11.6 Å². The second-order valence-corrected chi connectivity index (χ2v) is 7.09. The van der Waals surface area contributed by atoms with Gasteiger partial charge in [-0.05, 0) is 50.1 Å². The summed E-state index contributed by atoms with van der Waals surface area (Å²) in [4.78, 5) is 16.7. The van der Waals surface area contributed by atoms with Crippen LogP contribution in [0, 0.1) is 20.8 Å². The quantitative estimate of drug-likeness (QED) is 0.851. The van der Waals surface area contributed by atoms with Crippen LogP contribution < -0.4 is 10.2 Å². The van der Waals surface area contributed by atoms with E-state index in [0.717, 1.165) is 24.2 Å². The highest BCUT2D eigenvalue weighted by atomic mass is 35.5. The Morgan fingerprint density at radius 3 is 2.20 bits per heavy atom. The molecule has 1 heterocycles. The van der Waals surface area contributed by atoms with Gasteiger partial charge in [-0.1, -0.05) is 35.4 Å². The first-order valence-corrected chi connectivity index (χ1v) is 8.96. The molecule has 1 aliphatic rings. The van der Waals surface area contributed by atoms with Crippen molar-refractivity contribution in [1.29, 1.82) is 0 Å². The van der Waals surface area contributed by atoms with Gasteiger partial charge in [-0.25, -0.2) is 4.79 Å². The minimum absolute atomic E-state index is 0.0857. The van der Waals surface area contributed by atoms with Gasteiger partial charge in [-0.15, -0.1) is 0 Å². The predicted octanol–water partition coefficient (Wildman–Crippen LogP) is 4.62. The van der Waals surface area contributed by atoms with Gasteiger partial charge in [0.15, 0.2) is 0 Å². The van der Waals surface area contributed by atoms with Crippen LogP contribution in [0.1, 0.15) is 16.7 Å². The first-order valence-electron chi connectivity index (χ1n) is 8.58. The zero-order chi connectivity index (χ0) is 18.0. The van der Waals surface area contributed by atoms with E-state index in [0.29, 0.717) is 23.8 Å². The highest BCUT2D eigenvalue weighted by Gasteiger charge is 2.22. The fourth-order valence-corrected chi connectivity index (χ4v) is 3.55. The number of rotatable bonds is 2. The van der Waals surface area contributed by atoms with E-state index in [1.54, 1.807) is 0 Å². The molecule has 4 nitrogen and oxygen atoms in total. The Morgan fingerprint density at radius 1 is 0.960 bits per heavy atom. The molecule has 2 aromatic carbocycles. The molecule has 0 aromatic heterocycles. The minimum Gasteiger partial charge on any atom is -0.368 e. The van der Waals surface area contributed by atoms with Gasteiger partial charge in [0.05, 0.1) is 10.7 Å². The molecular weight excluding hydrogens is 334 g/mol. The van der Waals surface area contributed by atoms with Gasteiger partial charge in [0.1, 0.15) is 0 Å². The van der Waals surface area contributed by atoms with E-state index in [9.17, 15) is 4.79 Å². The average Bonchev–Trinajstić information content (AvgIpc) is 2.59. The van der Waals surface area contributed by atoms with E-state index in [4.69, 9.17) is 11.6 Å². The molecule has 1 saturated heterocycles. The molecule has 1 N–H and O–H groups in total. The number of carbonyl (C=O) groups is 1. The zero-order valence-corrected chi connectivity index (χ0v) is 15.7. The van der Waals surface area contributed by atoms with Crippen LogP contribution in [0.25, 0.3) is 0 Å². The molecule has 1 aliphatic heterocycles. The maximum atomic E-state index is 12.6. The number of halogens is 1. The Hall–Kier alpha value is -2.20. The van der Waals surface area contributed by atoms with Crippen molar-refractivity contribution < 1.29 is 4.79 Å². The summed E-state index contributed by atoms with van der Waals surface area (Å²) >= 11 is 6.29. The molecule has 0 bridgehead atoms. The van der Waals surface area contributed by atoms with E-state index < -0.39 is 0 Å². The summed E-state index contributed by atoms with van der Waals surface area (Å²) < 4.78 is 0. The van der Waals surface area contributed by atoms with Crippen molar-refractivity contribution in [2.24, 2.45) is 0 Å². The molecule has 2 amide bonds. The van der Waals surface area contributed by atoms with Crippen molar-refractivity contribution >= 4 is 29.0 Å². The Kier molecular flexibility index (Phi) is 5.19. The van der Waals surface area contributed by atoms with Crippen LogP contribution in [0.5, 0.6) is 0 Å². The summed E-state index contributed by atoms with van der Waals surface area (Å²) in [5.74, 6) is 0. The largest absolute Gasteiger partial charge is 0.368 e. The molecule has 1 fully saturated rings. The molecule has 0 aliphatic carbocycles. The van der Waals surface area contributed by atoms with Gasteiger partial charge >= 0.3 is 6.03 Å². The lowest BCUT2D eigenvalue weighted by Gasteiger charge is -2.36. The third-order valence-electron chi connectivity index (χ3n) is 4.63. The Labute approximate surface area is 154 Å². The van der Waals surface area contributed by atoms with Crippen molar-refractivity contribution in [3.8, 4) is 0 Å². The average molecular weight is 358 g/mol. The lowest BCUT2D eigenvalue weighted by Crippen LogP contribution is -2.50. The standard InChI is InChI=1S/C20H24ClN3O/c1-14-4-6-17(7-5-14)23-8-10-24(11-9-23)20(25)22-19-16(3)12-15(2)13-18(19)21/h4-7,12-13H,8-11H2,1-3H3,(H,22,25). The number of amides is 2. The van der Waals surface area contributed by atoms with Gasteiger partial charge in [0.2, 0.25) is 0 Å².